The fourth-order valence-corrected chi connectivity index (χ4v) is 4.62. The van der Waals surface area contributed by atoms with Gasteiger partial charge >= 0.3 is 6.03 Å². The first-order valence-electron chi connectivity index (χ1n) is 10.3. The van der Waals surface area contributed by atoms with Crippen molar-refractivity contribution in [1.82, 2.24) is 20.1 Å². The molecule has 0 saturated carbocycles. The Hall–Kier alpha value is -2.58. The summed E-state index contributed by atoms with van der Waals surface area (Å²) >= 11 is 0. The van der Waals surface area contributed by atoms with E-state index in [1.165, 1.54) is 10.9 Å². The van der Waals surface area contributed by atoms with Gasteiger partial charge in [0.25, 0.3) is 0 Å². The second-order valence-electron chi connectivity index (χ2n) is 7.95. The van der Waals surface area contributed by atoms with Crippen molar-refractivity contribution >= 4 is 22.8 Å². The Balaban J connectivity index is 1.14. The highest BCUT2D eigenvalue weighted by atomic mass is 16.7. The molecule has 5 rings (SSSR count). The molecule has 2 fully saturated rings. The lowest BCUT2D eigenvalue weighted by atomic mass is 10.0. The Morgan fingerprint density at radius 1 is 1.07 bits per heavy atom. The summed E-state index contributed by atoms with van der Waals surface area (Å²) in [5, 5.41) is 4.03. The van der Waals surface area contributed by atoms with Crippen molar-refractivity contribution in [2.45, 2.75) is 31.6 Å². The number of rotatable bonds is 2. The lowest BCUT2D eigenvalue weighted by molar-refractivity contribution is -0.187. The van der Waals surface area contributed by atoms with Crippen LogP contribution in [-0.4, -0.2) is 71.9 Å². The van der Waals surface area contributed by atoms with E-state index in [0.29, 0.717) is 52.2 Å². The predicted molar refractivity (Wildman–Crippen MR) is 106 cm³/mol. The largest absolute Gasteiger partial charge is 0.357 e. The summed E-state index contributed by atoms with van der Waals surface area (Å²) in [5.41, 5.74) is 3.48. The fourth-order valence-electron chi connectivity index (χ4n) is 4.62. The number of piperidine rings is 1. The zero-order valence-corrected chi connectivity index (χ0v) is 16.4. The number of hydrogen-bond acceptors (Lipinski definition) is 4. The Kier molecular flexibility index (Phi) is 4.67. The van der Waals surface area contributed by atoms with Gasteiger partial charge in [-0.1, -0.05) is 18.2 Å². The van der Waals surface area contributed by atoms with Gasteiger partial charge in [0.05, 0.1) is 26.3 Å². The average molecular weight is 398 g/mol. The number of urea groups is 1. The molecule has 1 aromatic carbocycles. The molecular weight excluding hydrogens is 372 g/mol. The third-order valence-corrected chi connectivity index (χ3v) is 6.25. The van der Waals surface area contributed by atoms with Crippen LogP contribution < -0.4 is 5.32 Å². The molecule has 0 bridgehead atoms. The van der Waals surface area contributed by atoms with Crippen LogP contribution in [0.15, 0.2) is 24.3 Å². The third kappa shape index (κ3) is 3.47. The summed E-state index contributed by atoms with van der Waals surface area (Å²) in [7, 11) is 0. The van der Waals surface area contributed by atoms with Crippen LogP contribution in [0.1, 0.15) is 24.1 Å². The minimum Gasteiger partial charge on any atom is -0.357 e. The number of aromatic amines is 1. The van der Waals surface area contributed by atoms with Crippen LogP contribution >= 0.6 is 0 Å². The molecule has 29 heavy (non-hydrogen) atoms. The van der Waals surface area contributed by atoms with E-state index in [9.17, 15) is 9.59 Å². The smallest absolute Gasteiger partial charge is 0.318 e. The molecule has 1 aromatic heterocycles. The highest BCUT2D eigenvalue weighted by molar-refractivity contribution is 5.86. The Morgan fingerprint density at radius 3 is 2.62 bits per heavy atom. The molecule has 3 amide bonds. The predicted octanol–water partition coefficient (Wildman–Crippen LogP) is 1.60. The molecule has 2 aromatic rings. The third-order valence-electron chi connectivity index (χ3n) is 6.25. The van der Waals surface area contributed by atoms with Gasteiger partial charge in [0, 0.05) is 49.1 Å². The van der Waals surface area contributed by atoms with Crippen molar-refractivity contribution in [1.29, 1.82) is 0 Å². The van der Waals surface area contributed by atoms with E-state index in [4.69, 9.17) is 9.47 Å². The zero-order valence-electron chi connectivity index (χ0n) is 16.4. The number of fused-ring (bicyclic) bond motifs is 3. The summed E-state index contributed by atoms with van der Waals surface area (Å²) in [6, 6.07) is 8.02. The van der Waals surface area contributed by atoms with Crippen LogP contribution in [0, 0.1) is 0 Å². The van der Waals surface area contributed by atoms with Gasteiger partial charge in [0.2, 0.25) is 5.91 Å². The molecule has 8 heteroatoms. The molecule has 0 atom stereocenters. The van der Waals surface area contributed by atoms with Crippen molar-refractivity contribution < 1.29 is 19.1 Å². The molecule has 2 saturated heterocycles. The number of carbonyl (C=O) groups is 2. The molecule has 4 heterocycles. The topological polar surface area (TPSA) is 86.9 Å². The van der Waals surface area contributed by atoms with Gasteiger partial charge in [-0.15, -0.1) is 0 Å². The Labute approximate surface area is 169 Å². The van der Waals surface area contributed by atoms with Gasteiger partial charge in [-0.2, -0.15) is 0 Å². The Bertz CT molecular complexity index is 924. The highest BCUT2D eigenvalue weighted by Gasteiger charge is 2.40. The van der Waals surface area contributed by atoms with Gasteiger partial charge < -0.3 is 29.6 Å². The van der Waals surface area contributed by atoms with Crippen molar-refractivity contribution in [3.05, 3.63) is 35.5 Å². The summed E-state index contributed by atoms with van der Waals surface area (Å²) in [5.74, 6) is -0.556. The van der Waals surface area contributed by atoms with Gasteiger partial charge in [-0.3, -0.25) is 4.79 Å². The number of carbonyl (C=O) groups excluding carboxylic acids is 2. The summed E-state index contributed by atoms with van der Waals surface area (Å²) < 4.78 is 11.4. The van der Waals surface area contributed by atoms with E-state index in [-0.39, 0.29) is 18.5 Å². The first-order valence-corrected chi connectivity index (χ1v) is 10.3. The van der Waals surface area contributed by atoms with Crippen LogP contribution in [0.3, 0.4) is 0 Å². The summed E-state index contributed by atoms with van der Waals surface area (Å²) in [4.78, 5) is 32.1. The monoisotopic (exact) mass is 398 g/mol. The number of nitrogens with one attached hydrogen (secondary N) is 2. The lowest BCUT2D eigenvalue weighted by Gasteiger charge is -2.37. The van der Waals surface area contributed by atoms with Crippen molar-refractivity contribution in [2.75, 3.05) is 39.4 Å². The molecular formula is C21H26N4O4. The highest BCUT2D eigenvalue weighted by Crippen LogP contribution is 2.31. The minimum atomic E-state index is -0.495. The fraction of sp³-hybridized carbons (Fsp3) is 0.524. The SMILES string of the molecule is O=C(CNC(=O)N1CCc2c([nH]c3ccccc23)C1)N1CCC2(CC1)OCCO2. The summed E-state index contributed by atoms with van der Waals surface area (Å²) in [6.45, 7) is 3.63. The lowest BCUT2D eigenvalue weighted by Crippen LogP contribution is -2.51. The molecule has 1 spiro atoms. The van der Waals surface area contributed by atoms with Gasteiger partial charge in [0.1, 0.15) is 0 Å². The van der Waals surface area contributed by atoms with Gasteiger partial charge in [-0.25, -0.2) is 4.79 Å². The van der Waals surface area contributed by atoms with Crippen LogP contribution in [0.4, 0.5) is 4.79 Å². The molecule has 0 aliphatic carbocycles. The number of para-hydroxylation sites is 1. The van der Waals surface area contributed by atoms with Crippen molar-refractivity contribution in [2.24, 2.45) is 0 Å². The standard InChI is InChI=1S/C21H26N4O4/c26-19(24-9-6-21(7-10-24)28-11-12-29-21)13-22-20(27)25-8-5-16-15-3-1-2-4-17(15)23-18(16)14-25/h1-4,23H,5-14H2,(H,22,27). The van der Waals surface area contributed by atoms with E-state index in [1.807, 2.05) is 12.1 Å². The number of H-pyrrole nitrogens is 1. The first kappa shape index (κ1) is 18.4. The molecule has 0 radical (unpaired) electrons. The summed E-state index contributed by atoms with van der Waals surface area (Å²) in [6.07, 6.45) is 2.18. The van der Waals surface area contributed by atoms with Crippen molar-refractivity contribution in [3.63, 3.8) is 0 Å². The average Bonchev–Trinajstić information content (AvgIpc) is 3.36. The van der Waals surface area contributed by atoms with Crippen LogP contribution in [0.25, 0.3) is 10.9 Å². The normalized spacial score (nSPS) is 20.8. The number of nitrogens with zero attached hydrogens (tertiary/aromatic N) is 2. The van der Waals surface area contributed by atoms with E-state index < -0.39 is 5.79 Å². The maximum absolute atomic E-state index is 12.6. The Morgan fingerprint density at radius 2 is 1.83 bits per heavy atom. The van der Waals surface area contributed by atoms with Crippen LogP contribution in [0.2, 0.25) is 0 Å². The number of benzene rings is 1. The van der Waals surface area contributed by atoms with E-state index >= 15 is 0 Å². The number of ether oxygens (including phenoxy) is 2. The molecule has 0 unspecified atom stereocenters. The molecule has 8 nitrogen and oxygen atoms in total. The molecule has 3 aliphatic rings. The van der Waals surface area contributed by atoms with Gasteiger partial charge in [0.15, 0.2) is 5.79 Å². The van der Waals surface area contributed by atoms with E-state index in [2.05, 4.69) is 22.4 Å². The zero-order chi connectivity index (χ0) is 19.8. The maximum Gasteiger partial charge on any atom is 0.318 e. The van der Waals surface area contributed by atoms with Crippen LogP contribution in [-0.2, 0) is 27.2 Å². The number of hydrogen-bond donors (Lipinski definition) is 2. The first-order chi connectivity index (χ1) is 14.1. The molecule has 3 aliphatic heterocycles. The second kappa shape index (κ2) is 7.35. The quantitative estimate of drug-likeness (QED) is 0.805. The van der Waals surface area contributed by atoms with E-state index in [0.717, 1.165) is 17.6 Å². The van der Waals surface area contributed by atoms with E-state index in [1.54, 1.807) is 9.80 Å². The number of aromatic nitrogens is 1. The second-order valence-corrected chi connectivity index (χ2v) is 7.95. The van der Waals surface area contributed by atoms with Gasteiger partial charge in [-0.05, 0) is 18.1 Å². The molecule has 2 N–H and O–H groups in total. The number of amides is 3. The van der Waals surface area contributed by atoms with Crippen LogP contribution in [0.5, 0.6) is 0 Å². The maximum atomic E-state index is 12.6. The van der Waals surface area contributed by atoms with Crippen molar-refractivity contribution in [3.8, 4) is 0 Å². The molecule has 154 valence electrons. The number of likely N-dealkylation sites (tertiary alicyclic amines) is 1. The minimum absolute atomic E-state index is 0.0175.